The van der Waals surface area contributed by atoms with Gasteiger partial charge in [-0.3, -0.25) is 4.79 Å². The Morgan fingerprint density at radius 3 is 2.71 bits per heavy atom. The average molecular weight is 285 g/mol. The molecule has 2 rings (SSSR count). The average Bonchev–Trinajstić information content (AvgIpc) is 2.95. The van der Waals surface area contributed by atoms with Crippen molar-refractivity contribution in [1.29, 1.82) is 0 Å². The quantitative estimate of drug-likeness (QED) is 0.766. The highest BCUT2D eigenvalue weighted by molar-refractivity contribution is 5.78. The monoisotopic (exact) mass is 285 g/mol. The molecule has 0 N–H and O–H groups in total. The van der Waals surface area contributed by atoms with Crippen LogP contribution in [0, 0.1) is 5.92 Å². The molecule has 5 heteroatoms. The molecule has 0 aliphatic rings. The van der Waals surface area contributed by atoms with Crippen molar-refractivity contribution >= 4 is 5.91 Å². The predicted molar refractivity (Wildman–Crippen MR) is 80.2 cm³/mol. The Morgan fingerprint density at radius 1 is 1.38 bits per heavy atom. The number of hydrogen-bond acceptors (Lipinski definition) is 4. The molecule has 21 heavy (non-hydrogen) atoms. The topological polar surface area (TPSA) is 59.2 Å². The van der Waals surface area contributed by atoms with Gasteiger partial charge in [-0.25, -0.2) is 0 Å². The lowest BCUT2D eigenvalue weighted by Gasteiger charge is -2.21. The summed E-state index contributed by atoms with van der Waals surface area (Å²) in [5.74, 6) is 0.904. The highest BCUT2D eigenvalue weighted by atomic mass is 16.5. The number of hydrogen-bond donors (Lipinski definition) is 0. The molecule has 0 spiro atoms. The first-order chi connectivity index (χ1) is 10.1. The van der Waals surface area contributed by atoms with Crippen molar-refractivity contribution in [2.75, 3.05) is 6.54 Å². The second kappa shape index (κ2) is 6.83. The van der Waals surface area contributed by atoms with E-state index in [1.165, 1.54) is 0 Å². The summed E-state index contributed by atoms with van der Waals surface area (Å²) < 4.78 is 5.24. The number of benzene rings is 1. The number of nitrogens with zero attached hydrogens (tertiary/aromatic N) is 3. The van der Waals surface area contributed by atoms with Crippen molar-refractivity contribution in [3.63, 3.8) is 0 Å². The normalized spacial score (nSPS) is 10.6. The molecule has 0 unspecified atom stereocenters. The van der Waals surface area contributed by atoms with E-state index in [0.29, 0.717) is 24.8 Å². The molecule has 0 aliphatic carbocycles. The number of carbonyl (C=O) groups is 1. The maximum Gasteiger partial charge on any atom is 0.246 e. The van der Waals surface area contributed by atoms with E-state index in [2.05, 4.69) is 16.7 Å². The van der Waals surface area contributed by atoms with E-state index in [9.17, 15) is 4.79 Å². The van der Waals surface area contributed by atoms with Gasteiger partial charge in [-0.05, 0) is 0 Å². The molecule has 1 amide bonds. The molecule has 0 radical (unpaired) electrons. The van der Waals surface area contributed by atoms with Crippen molar-refractivity contribution in [3.05, 3.63) is 48.9 Å². The van der Waals surface area contributed by atoms with Gasteiger partial charge in [-0.15, -0.1) is 6.58 Å². The van der Waals surface area contributed by atoms with Crippen LogP contribution in [0.4, 0.5) is 0 Å². The zero-order valence-electron chi connectivity index (χ0n) is 12.3. The lowest BCUT2D eigenvalue weighted by atomic mass is 10.2. The van der Waals surface area contributed by atoms with E-state index < -0.39 is 0 Å². The van der Waals surface area contributed by atoms with Gasteiger partial charge in [0.25, 0.3) is 0 Å². The van der Waals surface area contributed by atoms with Crippen molar-refractivity contribution in [1.82, 2.24) is 15.0 Å². The Kier molecular flexibility index (Phi) is 4.87. The number of amides is 1. The summed E-state index contributed by atoms with van der Waals surface area (Å²) in [5, 5.41) is 3.95. The molecule has 0 saturated heterocycles. The SMILES string of the molecule is C=CCN(Cc1nc(-c2ccccc2)no1)C(=O)C(C)C. The second-order valence-corrected chi connectivity index (χ2v) is 5.04. The van der Waals surface area contributed by atoms with Gasteiger partial charge in [-0.1, -0.05) is 55.4 Å². The first-order valence-electron chi connectivity index (χ1n) is 6.89. The number of carbonyl (C=O) groups excluding carboxylic acids is 1. The summed E-state index contributed by atoms with van der Waals surface area (Å²) in [7, 11) is 0. The van der Waals surface area contributed by atoms with Crippen LogP contribution in [-0.4, -0.2) is 27.5 Å². The van der Waals surface area contributed by atoms with Crippen molar-refractivity contribution in [3.8, 4) is 11.4 Å². The van der Waals surface area contributed by atoms with Gasteiger partial charge in [0.15, 0.2) is 0 Å². The fourth-order valence-corrected chi connectivity index (χ4v) is 1.94. The minimum atomic E-state index is -0.0820. The minimum absolute atomic E-state index is 0.0364. The van der Waals surface area contributed by atoms with Gasteiger partial charge in [0.1, 0.15) is 6.54 Å². The number of rotatable bonds is 6. The lowest BCUT2D eigenvalue weighted by molar-refractivity contribution is -0.134. The molecule has 1 aromatic heterocycles. The Morgan fingerprint density at radius 2 is 2.10 bits per heavy atom. The summed E-state index contributed by atoms with van der Waals surface area (Å²) in [4.78, 5) is 18.1. The third kappa shape index (κ3) is 3.78. The molecule has 0 aliphatic heterocycles. The van der Waals surface area contributed by atoms with Crippen LogP contribution < -0.4 is 0 Å². The largest absolute Gasteiger partial charge is 0.337 e. The maximum atomic E-state index is 12.1. The molecule has 0 fully saturated rings. The standard InChI is InChI=1S/C16H19N3O2/c1-4-10-19(16(20)12(2)3)11-14-17-15(18-21-14)13-8-6-5-7-9-13/h4-9,12H,1,10-11H2,2-3H3. The minimum Gasteiger partial charge on any atom is -0.337 e. The Hall–Kier alpha value is -2.43. The zero-order chi connectivity index (χ0) is 15.2. The fraction of sp³-hybridized carbons (Fsp3) is 0.312. The molecule has 0 atom stereocenters. The summed E-state index contributed by atoms with van der Waals surface area (Å²) in [6.45, 7) is 8.15. The summed E-state index contributed by atoms with van der Waals surface area (Å²) in [5.41, 5.74) is 0.887. The van der Waals surface area contributed by atoms with Crippen LogP contribution in [-0.2, 0) is 11.3 Å². The molecule has 110 valence electrons. The number of aromatic nitrogens is 2. The Bertz CT molecular complexity index is 605. The van der Waals surface area contributed by atoms with Gasteiger partial charge < -0.3 is 9.42 Å². The molecule has 2 aromatic rings. The van der Waals surface area contributed by atoms with Crippen LogP contribution in [0.3, 0.4) is 0 Å². The van der Waals surface area contributed by atoms with E-state index in [4.69, 9.17) is 4.52 Å². The second-order valence-electron chi connectivity index (χ2n) is 5.04. The fourth-order valence-electron chi connectivity index (χ4n) is 1.94. The molecular formula is C16H19N3O2. The summed E-state index contributed by atoms with van der Waals surface area (Å²) in [6, 6.07) is 9.58. The van der Waals surface area contributed by atoms with Crippen molar-refractivity contribution in [2.45, 2.75) is 20.4 Å². The maximum absolute atomic E-state index is 12.1. The van der Waals surface area contributed by atoms with Crippen LogP contribution in [0.1, 0.15) is 19.7 Å². The van der Waals surface area contributed by atoms with Crippen molar-refractivity contribution in [2.24, 2.45) is 5.92 Å². The van der Waals surface area contributed by atoms with E-state index in [1.54, 1.807) is 11.0 Å². The predicted octanol–water partition coefficient (Wildman–Crippen LogP) is 2.91. The van der Waals surface area contributed by atoms with Gasteiger partial charge >= 0.3 is 0 Å². The summed E-state index contributed by atoms with van der Waals surface area (Å²) in [6.07, 6.45) is 1.69. The zero-order valence-corrected chi connectivity index (χ0v) is 12.3. The van der Waals surface area contributed by atoms with Crippen LogP contribution in [0.2, 0.25) is 0 Å². The van der Waals surface area contributed by atoms with Crippen LogP contribution in [0.5, 0.6) is 0 Å². The van der Waals surface area contributed by atoms with E-state index >= 15 is 0 Å². The third-order valence-corrected chi connectivity index (χ3v) is 2.98. The van der Waals surface area contributed by atoms with Crippen LogP contribution in [0.25, 0.3) is 11.4 Å². The smallest absolute Gasteiger partial charge is 0.246 e. The summed E-state index contributed by atoms with van der Waals surface area (Å²) >= 11 is 0. The van der Waals surface area contributed by atoms with Crippen LogP contribution >= 0.6 is 0 Å². The van der Waals surface area contributed by atoms with Crippen LogP contribution in [0.15, 0.2) is 47.5 Å². The third-order valence-electron chi connectivity index (χ3n) is 2.98. The molecule has 1 aromatic carbocycles. The van der Waals surface area contributed by atoms with Gasteiger partial charge in [0.05, 0.1) is 0 Å². The molecule has 0 saturated carbocycles. The van der Waals surface area contributed by atoms with Gasteiger partial charge in [0, 0.05) is 18.0 Å². The highest BCUT2D eigenvalue weighted by Gasteiger charge is 2.19. The Balaban J connectivity index is 2.13. The molecule has 0 bridgehead atoms. The van der Waals surface area contributed by atoms with E-state index in [0.717, 1.165) is 5.56 Å². The first-order valence-corrected chi connectivity index (χ1v) is 6.89. The van der Waals surface area contributed by atoms with Gasteiger partial charge in [-0.2, -0.15) is 4.98 Å². The lowest BCUT2D eigenvalue weighted by Crippen LogP contribution is -2.34. The van der Waals surface area contributed by atoms with E-state index in [-0.39, 0.29) is 11.8 Å². The molecular weight excluding hydrogens is 266 g/mol. The highest BCUT2D eigenvalue weighted by Crippen LogP contribution is 2.16. The molecule has 1 heterocycles. The first kappa shape index (κ1) is 15.0. The van der Waals surface area contributed by atoms with Crippen molar-refractivity contribution < 1.29 is 9.32 Å². The Labute approximate surface area is 124 Å². The van der Waals surface area contributed by atoms with Gasteiger partial charge in [0.2, 0.25) is 17.6 Å². The van der Waals surface area contributed by atoms with E-state index in [1.807, 2.05) is 44.2 Å². The molecule has 5 nitrogen and oxygen atoms in total.